The van der Waals surface area contributed by atoms with Gasteiger partial charge >= 0.3 is 12.1 Å². The zero-order valence-electron chi connectivity index (χ0n) is 19.3. The Morgan fingerprint density at radius 3 is 2.31 bits per heavy atom. The molecule has 4 nitrogen and oxygen atoms in total. The maximum atomic E-state index is 13.0. The Bertz CT molecular complexity index is 1400. The van der Waals surface area contributed by atoms with Gasteiger partial charge in [-0.3, -0.25) is 4.79 Å². The van der Waals surface area contributed by atoms with Gasteiger partial charge in [-0.25, -0.2) is 4.98 Å². The SMILES string of the molecule is O=C(O)CC1CCC(c2ccc(-c3ccc(-c4nc5ccc(C(F)(F)F)cc5[nH]4)c(Cl)c3)cc2)CC1. The van der Waals surface area contributed by atoms with Crippen LogP contribution >= 0.6 is 11.6 Å². The molecule has 1 fully saturated rings. The molecule has 2 N–H and O–H groups in total. The summed E-state index contributed by atoms with van der Waals surface area (Å²) < 4.78 is 39.1. The number of nitrogens with zero attached hydrogens (tertiary/aromatic N) is 1. The summed E-state index contributed by atoms with van der Waals surface area (Å²) in [6.45, 7) is 0. The van der Waals surface area contributed by atoms with E-state index >= 15 is 0 Å². The second kappa shape index (κ2) is 9.62. The Kier molecular flexibility index (Phi) is 6.51. The first-order valence-electron chi connectivity index (χ1n) is 11.9. The van der Waals surface area contributed by atoms with Gasteiger partial charge in [0.1, 0.15) is 5.82 Å². The van der Waals surface area contributed by atoms with Crippen molar-refractivity contribution in [2.24, 2.45) is 5.92 Å². The molecular formula is C28H24ClF3N2O2. The molecule has 0 amide bonds. The van der Waals surface area contributed by atoms with Crippen molar-refractivity contribution in [1.29, 1.82) is 0 Å². The number of carboxylic acids is 1. The van der Waals surface area contributed by atoms with Crippen molar-refractivity contribution in [2.45, 2.75) is 44.2 Å². The molecule has 3 aromatic carbocycles. The molecule has 8 heteroatoms. The van der Waals surface area contributed by atoms with Gasteiger partial charge in [-0.05, 0) is 84.5 Å². The minimum Gasteiger partial charge on any atom is -0.481 e. The van der Waals surface area contributed by atoms with E-state index in [0.717, 1.165) is 48.9 Å². The van der Waals surface area contributed by atoms with Crippen LogP contribution in [0, 0.1) is 5.92 Å². The number of fused-ring (bicyclic) bond motifs is 1. The van der Waals surface area contributed by atoms with Crippen LogP contribution in [0.25, 0.3) is 33.5 Å². The number of rotatable bonds is 5. The molecular weight excluding hydrogens is 489 g/mol. The molecule has 1 aromatic heterocycles. The van der Waals surface area contributed by atoms with Crippen LogP contribution in [0.5, 0.6) is 0 Å². The van der Waals surface area contributed by atoms with Crippen molar-refractivity contribution < 1.29 is 23.1 Å². The van der Waals surface area contributed by atoms with E-state index in [9.17, 15) is 18.0 Å². The van der Waals surface area contributed by atoms with E-state index in [0.29, 0.717) is 33.4 Å². The second-order valence-electron chi connectivity index (χ2n) is 9.45. The van der Waals surface area contributed by atoms with Crippen LogP contribution in [0.2, 0.25) is 5.02 Å². The zero-order valence-corrected chi connectivity index (χ0v) is 20.0. The molecule has 0 saturated heterocycles. The van der Waals surface area contributed by atoms with Crippen LogP contribution in [0.3, 0.4) is 0 Å². The van der Waals surface area contributed by atoms with E-state index in [1.54, 1.807) is 0 Å². The van der Waals surface area contributed by atoms with Gasteiger partial charge in [0, 0.05) is 12.0 Å². The Labute approximate surface area is 211 Å². The summed E-state index contributed by atoms with van der Waals surface area (Å²) >= 11 is 6.57. The van der Waals surface area contributed by atoms with E-state index in [4.69, 9.17) is 16.7 Å². The lowest BCUT2D eigenvalue weighted by atomic mass is 9.77. The van der Waals surface area contributed by atoms with Crippen molar-refractivity contribution >= 4 is 28.6 Å². The number of nitrogens with one attached hydrogen (secondary N) is 1. The number of aromatic amines is 1. The average molecular weight is 513 g/mol. The highest BCUT2D eigenvalue weighted by molar-refractivity contribution is 6.33. The van der Waals surface area contributed by atoms with Crippen LogP contribution in [-0.4, -0.2) is 21.0 Å². The van der Waals surface area contributed by atoms with E-state index in [-0.39, 0.29) is 12.3 Å². The zero-order chi connectivity index (χ0) is 25.4. The summed E-state index contributed by atoms with van der Waals surface area (Å²) in [7, 11) is 0. The van der Waals surface area contributed by atoms with Crippen molar-refractivity contribution in [3.63, 3.8) is 0 Å². The van der Waals surface area contributed by atoms with E-state index in [1.807, 2.05) is 18.2 Å². The van der Waals surface area contributed by atoms with Gasteiger partial charge < -0.3 is 10.1 Å². The van der Waals surface area contributed by atoms with Crippen LogP contribution < -0.4 is 0 Å². The van der Waals surface area contributed by atoms with Gasteiger partial charge in [0.15, 0.2) is 0 Å². The van der Waals surface area contributed by atoms with Crippen LogP contribution in [-0.2, 0) is 11.0 Å². The monoisotopic (exact) mass is 512 g/mol. The Morgan fingerprint density at radius 2 is 1.67 bits per heavy atom. The van der Waals surface area contributed by atoms with Gasteiger partial charge in [0.25, 0.3) is 0 Å². The number of H-pyrrole nitrogens is 1. The molecule has 1 aliphatic rings. The highest BCUT2D eigenvalue weighted by atomic mass is 35.5. The number of alkyl halides is 3. The van der Waals surface area contributed by atoms with Gasteiger partial charge in [-0.1, -0.05) is 41.9 Å². The molecule has 1 heterocycles. The molecule has 1 saturated carbocycles. The molecule has 1 aliphatic carbocycles. The molecule has 0 bridgehead atoms. The minimum atomic E-state index is -4.42. The maximum Gasteiger partial charge on any atom is 0.416 e. The van der Waals surface area contributed by atoms with Crippen molar-refractivity contribution in [1.82, 2.24) is 9.97 Å². The second-order valence-corrected chi connectivity index (χ2v) is 9.85. The third-order valence-corrected chi connectivity index (χ3v) is 7.37. The van der Waals surface area contributed by atoms with Gasteiger partial charge in [0.05, 0.1) is 21.6 Å². The summed E-state index contributed by atoms with van der Waals surface area (Å²) in [5.74, 6) is 0.413. The lowest BCUT2D eigenvalue weighted by Crippen LogP contribution is -2.16. The maximum absolute atomic E-state index is 13.0. The van der Waals surface area contributed by atoms with E-state index in [2.05, 4.69) is 34.2 Å². The first-order chi connectivity index (χ1) is 17.2. The quantitative estimate of drug-likeness (QED) is 0.282. The first-order valence-corrected chi connectivity index (χ1v) is 12.2. The third-order valence-electron chi connectivity index (χ3n) is 7.06. The number of carboxylic acid groups (broad SMARTS) is 1. The Hall–Kier alpha value is -3.32. The summed E-state index contributed by atoms with van der Waals surface area (Å²) in [5, 5.41) is 9.45. The normalized spacial score (nSPS) is 18.4. The lowest BCUT2D eigenvalue weighted by molar-refractivity contribution is -0.138. The predicted molar refractivity (Wildman–Crippen MR) is 134 cm³/mol. The number of hydrogen-bond acceptors (Lipinski definition) is 2. The van der Waals surface area contributed by atoms with E-state index < -0.39 is 17.7 Å². The van der Waals surface area contributed by atoms with Gasteiger partial charge in [-0.15, -0.1) is 0 Å². The van der Waals surface area contributed by atoms with Crippen molar-refractivity contribution in [3.05, 3.63) is 76.8 Å². The molecule has 0 unspecified atom stereocenters. The fourth-order valence-corrected chi connectivity index (χ4v) is 5.36. The summed E-state index contributed by atoms with van der Waals surface area (Å²) in [4.78, 5) is 18.3. The first kappa shape index (κ1) is 24.4. The summed E-state index contributed by atoms with van der Waals surface area (Å²) in [6, 6.07) is 17.3. The third kappa shape index (κ3) is 5.12. The number of halogens is 4. The average Bonchev–Trinajstić information content (AvgIpc) is 3.27. The molecule has 0 atom stereocenters. The molecule has 36 heavy (non-hydrogen) atoms. The summed E-state index contributed by atoms with van der Waals surface area (Å²) in [5.41, 5.74) is 3.81. The Balaban J connectivity index is 1.32. The van der Waals surface area contributed by atoms with Crippen molar-refractivity contribution in [2.75, 3.05) is 0 Å². The number of imidazole rings is 1. The highest BCUT2D eigenvalue weighted by Gasteiger charge is 2.31. The van der Waals surface area contributed by atoms with Crippen LogP contribution in [0.4, 0.5) is 13.2 Å². The fraction of sp³-hybridized carbons (Fsp3) is 0.286. The highest BCUT2D eigenvalue weighted by Crippen LogP contribution is 2.38. The molecule has 0 radical (unpaired) electrons. The topological polar surface area (TPSA) is 66.0 Å². The van der Waals surface area contributed by atoms with Crippen LogP contribution in [0.1, 0.15) is 49.1 Å². The number of benzene rings is 3. The fourth-order valence-electron chi connectivity index (χ4n) is 5.09. The number of aliphatic carboxylic acids is 1. The number of hydrogen-bond donors (Lipinski definition) is 2. The number of carbonyl (C=O) groups is 1. The Morgan fingerprint density at radius 1 is 0.972 bits per heavy atom. The van der Waals surface area contributed by atoms with Gasteiger partial charge in [0.2, 0.25) is 0 Å². The minimum absolute atomic E-state index is 0.255. The molecule has 5 rings (SSSR count). The largest absolute Gasteiger partial charge is 0.481 e. The van der Waals surface area contributed by atoms with Crippen LogP contribution in [0.15, 0.2) is 60.7 Å². The number of aromatic nitrogens is 2. The molecule has 0 aliphatic heterocycles. The molecule has 0 spiro atoms. The van der Waals surface area contributed by atoms with Gasteiger partial charge in [-0.2, -0.15) is 13.2 Å². The summed E-state index contributed by atoms with van der Waals surface area (Å²) in [6.07, 6.45) is -0.289. The molecule has 4 aromatic rings. The molecule has 186 valence electrons. The van der Waals surface area contributed by atoms with E-state index in [1.165, 1.54) is 11.6 Å². The van der Waals surface area contributed by atoms with Crippen molar-refractivity contribution in [3.8, 4) is 22.5 Å². The predicted octanol–water partition coefficient (Wildman–Crippen LogP) is 8.32. The smallest absolute Gasteiger partial charge is 0.416 e. The lowest BCUT2D eigenvalue weighted by Gasteiger charge is -2.28. The standard InChI is InChI=1S/C28H24ClF3N2O2/c29-23-14-20(19-7-5-18(6-8-19)17-3-1-16(2-4-17)13-26(35)36)9-11-22(23)27-33-24-12-10-21(28(30,31)32)15-25(24)34-27/h5-12,14-17H,1-4,13H2,(H,33,34)(H,35,36).